The first-order chi connectivity index (χ1) is 12.1. The van der Waals surface area contributed by atoms with Gasteiger partial charge in [0.2, 0.25) is 10.0 Å². The van der Waals surface area contributed by atoms with Crippen LogP contribution in [0, 0.1) is 5.82 Å². The molecule has 0 atom stereocenters. The molecule has 140 valence electrons. The van der Waals surface area contributed by atoms with Crippen molar-refractivity contribution in [1.29, 1.82) is 0 Å². The summed E-state index contributed by atoms with van der Waals surface area (Å²) < 4.78 is 76.3. The molecular weight excluding hydrogens is 376 g/mol. The summed E-state index contributed by atoms with van der Waals surface area (Å²) in [7, 11) is -3.79. The standard InChI is InChI=1S/C16H14F4N2O3S/c17-14-4-2-1-3-11(14)9-10-26(24,25)22-13-7-5-12(6-8-13)21-15(23)16(18,19)20/h1-8,22H,9-10H2,(H,21,23). The predicted molar refractivity (Wildman–Crippen MR) is 88.6 cm³/mol. The fourth-order valence-electron chi connectivity index (χ4n) is 2.00. The van der Waals surface area contributed by atoms with E-state index in [0.717, 1.165) is 12.1 Å². The Morgan fingerprint density at radius 2 is 1.54 bits per heavy atom. The second-order valence-corrected chi connectivity index (χ2v) is 7.13. The summed E-state index contributed by atoms with van der Waals surface area (Å²) in [5.41, 5.74) is 0.216. The van der Waals surface area contributed by atoms with Crippen molar-refractivity contribution in [2.24, 2.45) is 0 Å². The van der Waals surface area contributed by atoms with Crippen molar-refractivity contribution in [2.45, 2.75) is 12.6 Å². The molecule has 2 aromatic rings. The van der Waals surface area contributed by atoms with E-state index in [9.17, 15) is 30.8 Å². The summed E-state index contributed by atoms with van der Waals surface area (Å²) in [6.45, 7) is 0. The van der Waals surface area contributed by atoms with E-state index in [0.29, 0.717) is 0 Å². The highest BCUT2D eigenvalue weighted by atomic mass is 32.2. The number of amides is 1. The zero-order valence-electron chi connectivity index (χ0n) is 13.2. The van der Waals surface area contributed by atoms with Gasteiger partial charge in [0.1, 0.15) is 5.82 Å². The van der Waals surface area contributed by atoms with Gasteiger partial charge in [-0.25, -0.2) is 12.8 Å². The number of rotatable bonds is 6. The van der Waals surface area contributed by atoms with Crippen LogP contribution >= 0.6 is 0 Å². The number of hydrogen-bond donors (Lipinski definition) is 2. The van der Waals surface area contributed by atoms with E-state index in [1.807, 2.05) is 0 Å². The van der Waals surface area contributed by atoms with Crippen molar-refractivity contribution in [3.8, 4) is 0 Å². The summed E-state index contributed by atoms with van der Waals surface area (Å²) in [6, 6.07) is 10.4. The molecule has 2 rings (SSSR count). The van der Waals surface area contributed by atoms with Crippen LogP contribution < -0.4 is 10.0 Å². The van der Waals surface area contributed by atoms with E-state index in [-0.39, 0.29) is 29.1 Å². The van der Waals surface area contributed by atoms with E-state index in [2.05, 4.69) is 4.72 Å². The summed E-state index contributed by atoms with van der Waals surface area (Å²) in [4.78, 5) is 10.8. The topological polar surface area (TPSA) is 75.3 Å². The van der Waals surface area contributed by atoms with Crippen LogP contribution in [0.3, 0.4) is 0 Å². The van der Waals surface area contributed by atoms with Crippen LogP contribution in [0.25, 0.3) is 0 Å². The molecule has 1 amide bonds. The van der Waals surface area contributed by atoms with Crippen molar-refractivity contribution in [3.63, 3.8) is 0 Å². The fraction of sp³-hybridized carbons (Fsp3) is 0.188. The van der Waals surface area contributed by atoms with Gasteiger partial charge in [0.05, 0.1) is 5.75 Å². The van der Waals surface area contributed by atoms with Gasteiger partial charge in [0.25, 0.3) is 0 Å². The zero-order valence-corrected chi connectivity index (χ0v) is 14.0. The molecule has 0 radical (unpaired) electrons. The molecule has 0 aliphatic heterocycles. The number of anilines is 2. The van der Waals surface area contributed by atoms with Gasteiger partial charge in [0, 0.05) is 11.4 Å². The van der Waals surface area contributed by atoms with Crippen molar-refractivity contribution < 1.29 is 30.8 Å². The molecule has 0 aliphatic rings. The molecule has 0 spiro atoms. The van der Waals surface area contributed by atoms with Gasteiger partial charge in [0.15, 0.2) is 0 Å². The van der Waals surface area contributed by atoms with Gasteiger partial charge in [-0.1, -0.05) is 18.2 Å². The second kappa shape index (κ2) is 7.73. The lowest BCUT2D eigenvalue weighted by Gasteiger charge is -2.10. The Bertz CT molecular complexity index is 881. The predicted octanol–water partition coefficient (Wildman–Crippen LogP) is 3.31. The number of carbonyl (C=O) groups excluding carboxylic acids is 1. The number of nitrogens with one attached hydrogen (secondary N) is 2. The number of carbonyl (C=O) groups is 1. The minimum absolute atomic E-state index is 0.0400. The molecule has 10 heteroatoms. The summed E-state index contributed by atoms with van der Waals surface area (Å²) in [6.07, 6.45) is -5.06. The molecular formula is C16H14F4N2O3S. The Kier molecular flexibility index (Phi) is 5.86. The molecule has 0 saturated heterocycles. The lowest BCUT2D eigenvalue weighted by atomic mass is 10.2. The molecule has 5 nitrogen and oxygen atoms in total. The first-order valence-electron chi connectivity index (χ1n) is 7.29. The van der Waals surface area contributed by atoms with Crippen LogP contribution in [0.1, 0.15) is 5.56 Å². The van der Waals surface area contributed by atoms with Gasteiger partial charge in [-0.05, 0) is 42.3 Å². The minimum Gasteiger partial charge on any atom is -0.318 e. The van der Waals surface area contributed by atoms with Crippen LogP contribution in [0.2, 0.25) is 0 Å². The summed E-state index contributed by atoms with van der Waals surface area (Å²) in [5.74, 6) is -3.01. The largest absolute Gasteiger partial charge is 0.471 e. The van der Waals surface area contributed by atoms with Gasteiger partial charge < -0.3 is 5.32 Å². The fourth-order valence-corrected chi connectivity index (χ4v) is 3.09. The Hall–Kier alpha value is -2.62. The number of aryl methyl sites for hydroxylation is 1. The van der Waals surface area contributed by atoms with Crippen LogP contribution in [-0.2, 0) is 21.2 Å². The molecule has 2 N–H and O–H groups in total. The average molecular weight is 390 g/mol. The molecule has 0 bridgehead atoms. The number of alkyl halides is 3. The Balaban J connectivity index is 1.97. The third-order valence-corrected chi connectivity index (χ3v) is 4.56. The SMILES string of the molecule is O=C(Nc1ccc(NS(=O)(=O)CCc2ccccc2F)cc1)C(F)(F)F. The molecule has 0 aliphatic carbocycles. The van der Waals surface area contributed by atoms with Crippen molar-refractivity contribution >= 4 is 27.3 Å². The third-order valence-electron chi connectivity index (χ3n) is 3.27. The molecule has 26 heavy (non-hydrogen) atoms. The van der Waals surface area contributed by atoms with Crippen molar-refractivity contribution in [1.82, 2.24) is 0 Å². The van der Waals surface area contributed by atoms with E-state index >= 15 is 0 Å². The second-order valence-electron chi connectivity index (χ2n) is 5.29. The van der Waals surface area contributed by atoms with Crippen LogP contribution in [-0.4, -0.2) is 26.3 Å². The highest BCUT2D eigenvalue weighted by Crippen LogP contribution is 2.20. The molecule has 0 fully saturated rings. The van der Waals surface area contributed by atoms with Crippen molar-refractivity contribution in [2.75, 3.05) is 15.8 Å². The number of benzene rings is 2. The van der Waals surface area contributed by atoms with Crippen LogP contribution in [0.4, 0.5) is 28.9 Å². The summed E-state index contributed by atoms with van der Waals surface area (Å²) in [5, 5.41) is 1.64. The smallest absolute Gasteiger partial charge is 0.318 e. The Labute approximate surface area is 147 Å². The Morgan fingerprint density at radius 1 is 0.962 bits per heavy atom. The molecule has 2 aromatic carbocycles. The zero-order chi connectivity index (χ0) is 19.4. The average Bonchev–Trinajstić information content (AvgIpc) is 2.55. The maximum absolute atomic E-state index is 13.5. The number of halogens is 4. The molecule has 0 saturated carbocycles. The van der Waals surface area contributed by atoms with Gasteiger partial charge in [-0.2, -0.15) is 13.2 Å². The van der Waals surface area contributed by atoms with E-state index in [1.54, 1.807) is 11.4 Å². The van der Waals surface area contributed by atoms with E-state index in [4.69, 9.17) is 0 Å². The lowest BCUT2D eigenvalue weighted by Crippen LogP contribution is -2.29. The van der Waals surface area contributed by atoms with Crippen molar-refractivity contribution in [3.05, 3.63) is 59.9 Å². The monoisotopic (exact) mass is 390 g/mol. The number of hydrogen-bond acceptors (Lipinski definition) is 3. The first kappa shape index (κ1) is 19.7. The summed E-state index contributed by atoms with van der Waals surface area (Å²) >= 11 is 0. The van der Waals surface area contributed by atoms with Gasteiger partial charge in [-0.15, -0.1) is 0 Å². The number of sulfonamides is 1. The third kappa shape index (κ3) is 5.73. The highest BCUT2D eigenvalue weighted by molar-refractivity contribution is 7.92. The normalized spacial score (nSPS) is 11.8. The van der Waals surface area contributed by atoms with Crippen LogP contribution in [0.5, 0.6) is 0 Å². The molecule has 0 aromatic heterocycles. The maximum atomic E-state index is 13.5. The van der Waals surface area contributed by atoms with Crippen LogP contribution in [0.15, 0.2) is 48.5 Å². The minimum atomic E-state index is -5.02. The lowest BCUT2D eigenvalue weighted by molar-refractivity contribution is -0.167. The maximum Gasteiger partial charge on any atom is 0.471 e. The van der Waals surface area contributed by atoms with E-state index in [1.165, 1.54) is 30.3 Å². The quantitative estimate of drug-likeness (QED) is 0.743. The van der Waals surface area contributed by atoms with E-state index < -0.39 is 27.9 Å². The van der Waals surface area contributed by atoms with Gasteiger partial charge >= 0.3 is 12.1 Å². The Morgan fingerprint density at radius 3 is 2.12 bits per heavy atom. The molecule has 0 heterocycles. The molecule has 0 unspecified atom stereocenters. The first-order valence-corrected chi connectivity index (χ1v) is 8.94. The highest BCUT2D eigenvalue weighted by Gasteiger charge is 2.38. The van der Waals surface area contributed by atoms with Gasteiger partial charge in [-0.3, -0.25) is 9.52 Å².